The molecule has 0 saturated heterocycles. The number of fused-ring (bicyclic) bond motifs is 1. The molecule has 0 aromatic heterocycles. The quantitative estimate of drug-likeness (QED) is 0.727. The number of benzene rings is 2. The van der Waals surface area contributed by atoms with E-state index in [0.29, 0.717) is 11.0 Å². The fourth-order valence-electron chi connectivity index (χ4n) is 2.35. The summed E-state index contributed by atoms with van der Waals surface area (Å²) in [4.78, 5) is 15.5. The molecule has 3 rings (SSSR count). The lowest BCUT2D eigenvalue weighted by molar-refractivity contribution is 0.0983. The first-order valence-electron chi connectivity index (χ1n) is 6.65. The number of rotatable bonds is 1. The summed E-state index contributed by atoms with van der Waals surface area (Å²) in [5.74, 6) is 0.184. The van der Waals surface area contributed by atoms with E-state index in [2.05, 4.69) is 15.9 Å². The Morgan fingerprint density at radius 3 is 2.90 bits per heavy atom. The highest BCUT2D eigenvalue weighted by molar-refractivity contribution is 9.10. The minimum Gasteiger partial charge on any atom is -0.307 e. The van der Waals surface area contributed by atoms with Crippen LogP contribution in [0.2, 0.25) is 0 Å². The van der Waals surface area contributed by atoms with Crippen molar-refractivity contribution in [3.8, 4) is 0 Å². The Kier molecular flexibility index (Phi) is 4.31. The molecule has 0 aliphatic carbocycles. The van der Waals surface area contributed by atoms with Gasteiger partial charge in [-0.25, -0.2) is 4.39 Å². The van der Waals surface area contributed by atoms with E-state index < -0.39 is 5.82 Å². The second kappa shape index (κ2) is 6.20. The number of thioether (sulfide) groups is 1. The lowest BCUT2D eigenvalue weighted by Gasteiger charge is -2.22. The van der Waals surface area contributed by atoms with Crippen molar-refractivity contribution in [3.63, 3.8) is 0 Å². The van der Waals surface area contributed by atoms with Crippen LogP contribution in [0.1, 0.15) is 16.8 Å². The van der Waals surface area contributed by atoms with E-state index >= 15 is 0 Å². The monoisotopic (exact) mass is 365 g/mol. The van der Waals surface area contributed by atoms with Crippen LogP contribution in [0.5, 0.6) is 0 Å². The van der Waals surface area contributed by atoms with Gasteiger partial charge in [0.05, 0.1) is 11.3 Å². The van der Waals surface area contributed by atoms with E-state index in [1.165, 1.54) is 12.1 Å². The number of hydrogen-bond donors (Lipinski definition) is 0. The van der Waals surface area contributed by atoms with E-state index in [0.717, 1.165) is 22.8 Å². The van der Waals surface area contributed by atoms with Crippen molar-refractivity contribution in [1.82, 2.24) is 0 Å². The van der Waals surface area contributed by atoms with Crippen molar-refractivity contribution >= 4 is 39.3 Å². The van der Waals surface area contributed by atoms with Crippen LogP contribution in [0.3, 0.4) is 0 Å². The maximum absolute atomic E-state index is 14.0. The highest BCUT2D eigenvalue weighted by Gasteiger charge is 2.24. The summed E-state index contributed by atoms with van der Waals surface area (Å²) in [5.41, 5.74) is 0.968. The fourth-order valence-corrected chi connectivity index (χ4v) is 3.70. The van der Waals surface area contributed by atoms with E-state index in [4.69, 9.17) is 0 Å². The zero-order valence-electron chi connectivity index (χ0n) is 11.2. The first-order chi connectivity index (χ1) is 10.2. The molecule has 0 unspecified atom stereocenters. The van der Waals surface area contributed by atoms with Gasteiger partial charge in [0.25, 0.3) is 5.91 Å². The Balaban J connectivity index is 2.03. The molecular formula is C16H13BrFNOS. The third-order valence-corrected chi connectivity index (χ3v) is 4.99. The van der Waals surface area contributed by atoms with Gasteiger partial charge < -0.3 is 4.90 Å². The van der Waals surface area contributed by atoms with Crippen LogP contribution in [-0.4, -0.2) is 18.2 Å². The summed E-state index contributed by atoms with van der Waals surface area (Å²) in [6.07, 6.45) is 0.890. The van der Waals surface area contributed by atoms with Gasteiger partial charge in [-0.1, -0.05) is 28.1 Å². The molecule has 1 aliphatic rings. The highest BCUT2D eigenvalue weighted by Crippen LogP contribution is 2.34. The zero-order valence-corrected chi connectivity index (χ0v) is 13.6. The number of para-hydroxylation sites is 1. The number of anilines is 1. The Hall–Kier alpha value is -1.33. The Bertz CT molecular complexity index is 692. The number of hydrogen-bond acceptors (Lipinski definition) is 2. The van der Waals surface area contributed by atoms with Gasteiger partial charge in [-0.3, -0.25) is 4.79 Å². The third-order valence-electron chi connectivity index (χ3n) is 3.34. The minimum atomic E-state index is -0.488. The Morgan fingerprint density at radius 1 is 1.24 bits per heavy atom. The van der Waals surface area contributed by atoms with Gasteiger partial charge in [0.15, 0.2) is 0 Å². The minimum absolute atomic E-state index is 0.103. The van der Waals surface area contributed by atoms with E-state index in [-0.39, 0.29) is 11.5 Å². The molecule has 5 heteroatoms. The van der Waals surface area contributed by atoms with Gasteiger partial charge in [0.1, 0.15) is 5.82 Å². The average Bonchev–Trinajstić information content (AvgIpc) is 2.71. The van der Waals surface area contributed by atoms with Gasteiger partial charge in [-0.05, 0) is 42.5 Å². The molecule has 0 N–H and O–H groups in total. The molecule has 0 fully saturated rings. The van der Waals surface area contributed by atoms with Crippen molar-refractivity contribution in [2.24, 2.45) is 0 Å². The van der Waals surface area contributed by atoms with Crippen LogP contribution in [0, 0.1) is 5.82 Å². The summed E-state index contributed by atoms with van der Waals surface area (Å²) in [6, 6.07) is 12.2. The van der Waals surface area contributed by atoms with Gasteiger partial charge in [-0.2, -0.15) is 0 Å². The lowest BCUT2D eigenvalue weighted by Crippen LogP contribution is -2.32. The van der Waals surface area contributed by atoms with Crippen molar-refractivity contribution < 1.29 is 9.18 Å². The van der Waals surface area contributed by atoms with Gasteiger partial charge >= 0.3 is 0 Å². The Morgan fingerprint density at radius 2 is 2.05 bits per heavy atom. The molecule has 0 radical (unpaired) electrons. The molecule has 0 spiro atoms. The molecule has 21 heavy (non-hydrogen) atoms. The highest BCUT2D eigenvalue weighted by atomic mass is 79.9. The first-order valence-corrected chi connectivity index (χ1v) is 8.43. The molecule has 1 aliphatic heterocycles. The number of amides is 1. The van der Waals surface area contributed by atoms with Crippen molar-refractivity contribution in [2.45, 2.75) is 11.3 Å². The molecule has 2 aromatic rings. The summed E-state index contributed by atoms with van der Waals surface area (Å²) < 4.78 is 14.7. The van der Waals surface area contributed by atoms with E-state index in [1.54, 1.807) is 22.7 Å². The van der Waals surface area contributed by atoms with Crippen molar-refractivity contribution in [1.29, 1.82) is 0 Å². The third kappa shape index (κ3) is 2.99. The Labute approximate surface area is 135 Å². The first kappa shape index (κ1) is 14.6. The van der Waals surface area contributed by atoms with E-state index in [9.17, 15) is 9.18 Å². The van der Waals surface area contributed by atoms with Gasteiger partial charge in [0.2, 0.25) is 0 Å². The fraction of sp³-hybridized carbons (Fsp3) is 0.188. The smallest absolute Gasteiger partial charge is 0.261 e. The second-order valence-corrected chi connectivity index (χ2v) is 6.80. The topological polar surface area (TPSA) is 20.3 Å². The maximum atomic E-state index is 14.0. The summed E-state index contributed by atoms with van der Waals surface area (Å²) in [6.45, 7) is 0.606. The maximum Gasteiger partial charge on any atom is 0.261 e. The molecule has 0 bridgehead atoms. The average molecular weight is 366 g/mol. The van der Waals surface area contributed by atoms with Crippen LogP contribution in [0.4, 0.5) is 10.1 Å². The molecule has 0 atom stereocenters. The number of carbonyl (C=O) groups excluding carboxylic acids is 1. The molecule has 2 aromatic carbocycles. The molecule has 1 heterocycles. The summed E-state index contributed by atoms with van der Waals surface area (Å²) >= 11 is 5.03. The van der Waals surface area contributed by atoms with Crippen LogP contribution in [-0.2, 0) is 0 Å². The van der Waals surface area contributed by atoms with Crippen LogP contribution >= 0.6 is 27.7 Å². The summed E-state index contributed by atoms with van der Waals surface area (Å²) in [5, 5.41) is 0. The van der Waals surface area contributed by atoms with Gasteiger partial charge in [0, 0.05) is 15.9 Å². The van der Waals surface area contributed by atoms with Crippen LogP contribution in [0.15, 0.2) is 51.8 Å². The second-order valence-electron chi connectivity index (χ2n) is 4.75. The van der Waals surface area contributed by atoms with Crippen LogP contribution in [0.25, 0.3) is 0 Å². The predicted molar refractivity (Wildman–Crippen MR) is 87.6 cm³/mol. The predicted octanol–water partition coefficient (Wildman–Crippen LogP) is 4.73. The van der Waals surface area contributed by atoms with E-state index in [1.807, 2.05) is 24.3 Å². The SMILES string of the molecule is O=C(c1cc(Br)ccc1F)N1CCCSc2ccccc21. The molecular weight excluding hydrogens is 353 g/mol. The number of halogens is 2. The number of nitrogens with zero attached hydrogens (tertiary/aromatic N) is 1. The number of carbonyl (C=O) groups is 1. The molecule has 1 amide bonds. The van der Waals surface area contributed by atoms with Crippen molar-refractivity contribution in [2.75, 3.05) is 17.2 Å². The lowest BCUT2D eigenvalue weighted by atomic mass is 10.1. The standard InChI is InChI=1S/C16H13BrFNOS/c17-11-6-7-13(18)12(10-11)16(20)19-8-3-9-21-15-5-2-1-4-14(15)19/h1-2,4-7,10H,3,8-9H2. The summed E-state index contributed by atoms with van der Waals surface area (Å²) in [7, 11) is 0. The van der Waals surface area contributed by atoms with Crippen LogP contribution < -0.4 is 4.90 Å². The largest absolute Gasteiger partial charge is 0.307 e. The molecule has 108 valence electrons. The molecule has 0 saturated carbocycles. The van der Waals surface area contributed by atoms with Crippen molar-refractivity contribution in [3.05, 3.63) is 58.3 Å². The molecule has 2 nitrogen and oxygen atoms in total. The van der Waals surface area contributed by atoms with Gasteiger partial charge in [-0.15, -0.1) is 11.8 Å². The zero-order chi connectivity index (χ0) is 14.8. The normalized spacial score (nSPS) is 14.5.